The number of fused-ring (bicyclic) bond motifs is 1. The fraction of sp³-hybridized carbons (Fsp3) is 0.273. The molecule has 0 unspecified atom stereocenters. The summed E-state index contributed by atoms with van der Waals surface area (Å²) >= 11 is 1.63. The number of para-hydroxylation sites is 1. The van der Waals surface area contributed by atoms with Crippen molar-refractivity contribution in [2.45, 2.75) is 19.3 Å². The Morgan fingerprint density at radius 1 is 1.13 bits per heavy atom. The maximum atomic E-state index is 11.8. The SMILES string of the molecule is O=C1CCCN1CCCNc1nc(Nc2ccccc2)nc2c1ncn2-c1ccsc1. The number of carbonyl (C=O) groups excluding carboxylic acids is 1. The Labute approximate surface area is 184 Å². The van der Waals surface area contributed by atoms with E-state index in [1.165, 1.54) is 0 Å². The van der Waals surface area contributed by atoms with Crippen molar-refractivity contribution in [3.8, 4) is 5.69 Å². The molecule has 8 nitrogen and oxygen atoms in total. The van der Waals surface area contributed by atoms with Gasteiger partial charge in [-0.3, -0.25) is 9.36 Å². The summed E-state index contributed by atoms with van der Waals surface area (Å²) in [7, 11) is 0. The molecular weight excluding hydrogens is 410 g/mol. The lowest BCUT2D eigenvalue weighted by Crippen LogP contribution is -2.27. The van der Waals surface area contributed by atoms with Gasteiger partial charge in [-0.15, -0.1) is 0 Å². The molecule has 0 saturated carbocycles. The van der Waals surface area contributed by atoms with Gasteiger partial charge in [-0.25, -0.2) is 4.98 Å². The van der Waals surface area contributed by atoms with Crippen LogP contribution in [0.1, 0.15) is 19.3 Å². The second-order valence-corrected chi connectivity index (χ2v) is 8.20. The molecule has 2 N–H and O–H groups in total. The first-order valence-electron chi connectivity index (χ1n) is 10.4. The van der Waals surface area contributed by atoms with Gasteiger partial charge in [0.2, 0.25) is 11.9 Å². The second kappa shape index (κ2) is 8.73. The average molecular weight is 434 g/mol. The predicted octanol–water partition coefficient (Wildman–Crippen LogP) is 4.05. The standard InChI is InChI=1S/C22H23N7OS/c30-18-8-4-11-28(18)12-5-10-23-20-19-21(29(15-24-19)17-9-13-31-14-17)27-22(26-20)25-16-6-2-1-3-7-16/h1-3,6-7,9,13-15H,4-5,8,10-12H2,(H2,23,25,26,27). The lowest BCUT2D eigenvalue weighted by Gasteiger charge is -2.15. The molecule has 5 rings (SSSR count). The van der Waals surface area contributed by atoms with Gasteiger partial charge in [0.15, 0.2) is 17.0 Å². The monoisotopic (exact) mass is 433 g/mol. The first kappa shape index (κ1) is 19.5. The number of amides is 1. The van der Waals surface area contributed by atoms with E-state index in [2.05, 4.69) is 26.0 Å². The lowest BCUT2D eigenvalue weighted by molar-refractivity contribution is -0.127. The quantitative estimate of drug-likeness (QED) is 0.408. The van der Waals surface area contributed by atoms with Crippen molar-refractivity contribution in [3.63, 3.8) is 0 Å². The number of thiophene rings is 1. The normalized spacial score (nSPS) is 13.8. The largest absolute Gasteiger partial charge is 0.368 e. The molecule has 0 bridgehead atoms. The van der Waals surface area contributed by atoms with Crippen molar-refractivity contribution < 1.29 is 4.79 Å². The Bertz CT molecular complexity index is 1170. The van der Waals surface area contributed by atoms with Gasteiger partial charge in [-0.2, -0.15) is 21.3 Å². The van der Waals surface area contributed by atoms with Crippen molar-refractivity contribution >= 4 is 45.9 Å². The Morgan fingerprint density at radius 2 is 2.03 bits per heavy atom. The number of carbonyl (C=O) groups is 1. The van der Waals surface area contributed by atoms with Gasteiger partial charge in [0.1, 0.15) is 6.33 Å². The molecule has 1 aliphatic heterocycles. The van der Waals surface area contributed by atoms with E-state index in [9.17, 15) is 4.79 Å². The smallest absolute Gasteiger partial charge is 0.231 e. The Morgan fingerprint density at radius 3 is 2.81 bits per heavy atom. The zero-order chi connectivity index (χ0) is 21.0. The van der Waals surface area contributed by atoms with Gasteiger partial charge in [0.05, 0.1) is 5.69 Å². The summed E-state index contributed by atoms with van der Waals surface area (Å²) in [5.74, 6) is 1.45. The lowest BCUT2D eigenvalue weighted by atomic mass is 10.3. The molecule has 1 fully saturated rings. The van der Waals surface area contributed by atoms with Gasteiger partial charge < -0.3 is 15.5 Å². The van der Waals surface area contributed by atoms with Crippen LogP contribution in [0.2, 0.25) is 0 Å². The van der Waals surface area contributed by atoms with E-state index < -0.39 is 0 Å². The molecule has 1 aromatic carbocycles. The molecule has 1 saturated heterocycles. The summed E-state index contributed by atoms with van der Waals surface area (Å²) in [4.78, 5) is 27.8. The highest BCUT2D eigenvalue weighted by atomic mass is 32.1. The highest BCUT2D eigenvalue weighted by molar-refractivity contribution is 7.08. The molecular formula is C22H23N7OS. The summed E-state index contributed by atoms with van der Waals surface area (Å²) in [6.45, 7) is 2.33. The summed E-state index contributed by atoms with van der Waals surface area (Å²) in [6, 6.07) is 11.9. The van der Waals surface area contributed by atoms with E-state index in [1.54, 1.807) is 17.7 Å². The maximum absolute atomic E-state index is 11.8. The second-order valence-electron chi connectivity index (χ2n) is 7.42. The van der Waals surface area contributed by atoms with Crippen LogP contribution < -0.4 is 10.6 Å². The average Bonchev–Trinajstić information content (AvgIpc) is 3.53. The highest BCUT2D eigenvalue weighted by Crippen LogP contribution is 2.26. The van der Waals surface area contributed by atoms with E-state index in [0.29, 0.717) is 24.7 Å². The minimum Gasteiger partial charge on any atom is -0.368 e. The number of imidazole rings is 1. The van der Waals surface area contributed by atoms with Crippen molar-refractivity contribution in [2.24, 2.45) is 0 Å². The van der Waals surface area contributed by atoms with Crippen molar-refractivity contribution in [3.05, 3.63) is 53.5 Å². The van der Waals surface area contributed by atoms with Crippen molar-refractivity contribution in [1.82, 2.24) is 24.4 Å². The number of nitrogens with zero attached hydrogens (tertiary/aromatic N) is 5. The van der Waals surface area contributed by atoms with Gasteiger partial charge in [-0.05, 0) is 36.4 Å². The third-order valence-electron chi connectivity index (χ3n) is 5.28. The third kappa shape index (κ3) is 4.22. The van der Waals surface area contributed by atoms with E-state index >= 15 is 0 Å². The first-order valence-corrected chi connectivity index (χ1v) is 11.3. The van der Waals surface area contributed by atoms with Crippen molar-refractivity contribution in [1.29, 1.82) is 0 Å². The summed E-state index contributed by atoms with van der Waals surface area (Å²) < 4.78 is 1.97. The summed E-state index contributed by atoms with van der Waals surface area (Å²) in [5, 5.41) is 10.8. The number of hydrogen-bond acceptors (Lipinski definition) is 7. The van der Waals surface area contributed by atoms with Crippen LogP contribution in [0.5, 0.6) is 0 Å². The molecule has 158 valence electrons. The summed E-state index contributed by atoms with van der Waals surface area (Å²) in [5.41, 5.74) is 3.41. The minimum absolute atomic E-state index is 0.258. The number of likely N-dealkylation sites (tertiary alicyclic amines) is 1. The van der Waals surface area contributed by atoms with E-state index in [-0.39, 0.29) is 5.91 Å². The van der Waals surface area contributed by atoms with Crippen LogP contribution in [0.25, 0.3) is 16.9 Å². The molecule has 0 radical (unpaired) electrons. The van der Waals surface area contributed by atoms with E-state index in [4.69, 9.17) is 4.98 Å². The van der Waals surface area contributed by atoms with Crippen LogP contribution in [-0.2, 0) is 4.79 Å². The van der Waals surface area contributed by atoms with Crippen LogP contribution in [0.15, 0.2) is 53.5 Å². The third-order valence-corrected chi connectivity index (χ3v) is 5.95. The zero-order valence-corrected chi connectivity index (χ0v) is 17.8. The van der Waals surface area contributed by atoms with Crippen molar-refractivity contribution in [2.75, 3.05) is 30.3 Å². The fourth-order valence-corrected chi connectivity index (χ4v) is 4.36. The van der Waals surface area contributed by atoms with Crippen LogP contribution >= 0.6 is 11.3 Å². The number of aromatic nitrogens is 4. The minimum atomic E-state index is 0.258. The number of benzene rings is 1. The molecule has 1 amide bonds. The predicted molar refractivity (Wildman–Crippen MR) is 123 cm³/mol. The molecule has 31 heavy (non-hydrogen) atoms. The molecule has 4 aromatic rings. The number of hydrogen-bond donors (Lipinski definition) is 2. The fourth-order valence-electron chi connectivity index (χ4n) is 3.73. The van der Waals surface area contributed by atoms with Crippen LogP contribution in [0, 0.1) is 0 Å². The van der Waals surface area contributed by atoms with Crippen LogP contribution in [-0.4, -0.2) is 50.0 Å². The van der Waals surface area contributed by atoms with E-state index in [0.717, 1.165) is 48.5 Å². The first-order chi connectivity index (χ1) is 15.3. The molecule has 3 aromatic heterocycles. The Balaban J connectivity index is 1.40. The van der Waals surface area contributed by atoms with Gasteiger partial charge in [0, 0.05) is 37.1 Å². The Kier molecular flexibility index (Phi) is 5.49. The molecule has 0 spiro atoms. The molecule has 0 aliphatic carbocycles. The highest BCUT2D eigenvalue weighted by Gasteiger charge is 2.19. The van der Waals surface area contributed by atoms with Gasteiger partial charge >= 0.3 is 0 Å². The molecule has 0 atom stereocenters. The zero-order valence-electron chi connectivity index (χ0n) is 17.0. The van der Waals surface area contributed by atoms with Gasteiger partial charge in [0.25, 0.3) is 0 Å². The summed E-state index contributed by atoms with van der Waals surface area (Å²) in [6.07, 6.45) is 4.27. The topological polar surface area (TPSA) is 88.0 Å². The maximum Gasteiger partial charge on any atom is 0.231 e. The number of rotatable bonds is 8. The van der Waals surface area contributed by atoms with Gasteiger partial charge in [-0.1, -0.05) is 18.2 Å². The van der Waals surface area contributed by atoms with Crippen LogP contribution in [0.3, 0.4) is 0 Å². The van der Waals surface area contributed by atoms with E-state index in [1.807, 2.05) is 51.2 Å². The molecule has 1 aliphatic rings. The molecule has 4 heterocycles. The number of anilines is 3. The number of nitrogens with one attached hydrogen (secondary N) is 2. The van der Waals surface area contributed by atoms with Crippen LogP contribution in [0.4, 0.5) is 17.5 Å². The Hall–Kier alpha value is -3.46. The molecule has 9 heteroatoms.